The van der Waals surface area contributed by atoms with E-state index >= 15 is 0 Å². The Bertz CT molecular complexity index is 403. The molecule has 5 heteroatoms. The topological polar surface area (TPSA) is 49.1 Å². The first-order valence-corrected chi connectivity index (χ1v) is 5.25. The molecule has 0 N–H and O–H groups in total. The van der Waals surface area contributed by atoms with E-state index in [1.54, 1.807) is 19.2 Å². The Morgan fingerprint density at radius 2 is 2.31 bits per heavy atom. The maximum atomic E-state index is 8.83. The van der Waals surface area contributed by atoms with E-state index in [9.17, 15) is 0 Å². The number of likely N-dealkylation sites (N-methyl/N-ethyl adjacent to an activating group) is 1. The first-order valence-electron chi connectivity index (χ1n) is 4.88. The fraction of sp³-hybridized carbons (Fsp3) is 0.455. The Morgan fingerprint density at radius 1 is 1.62 bits per heavy atom. The smallest absolute Gasteiger partial charge is 0.132 e. The fourth-order valence-electron chi connectivity index (χ4n) is 1.31. The summed E-state index contributed by atoms with van der Waals surface area (Å²) >= 11 is 5.83. The van der Waals surface area contributed by atoms with Crippen LogP contribution in [0.2, 0.25) is 5.15 Å². The van der Waals surface area contributed by atoms with Gasteiger partial charge in [0.05, 0.1) is 24.3 Å². The Labute approximate surface area is 100 Å². The number of anilines is 1. The molecule has 4 nitrogen and oxygen atoms in total. The van der Waals surface area contributed by atoms with Crippen molar-refractivity contribution in [3.8, 4) is 6.07 Å². The van der Waals surface area contributed by atoms with Crippen LogP contribution < -0.4 is 4.90 Å². The van der Waals surface area contributed by atoms with Crippen LogP contribution in [0.3, 0.4) is 0 Å². The first kappa shape index (κ1) is 12.8. The van der Waals surface area contributed by atoms with E-state index in [2.05, 4.69) is 11.1 Å². The molecule has 1 heterocycles. The summed E-state index contributed by atoms with van der Waals surface area (Å²) in [5, 5.41) is 9.16. The zero-order valence-electron chi connectivity index (χ0n) is 9.57. The molecule has 0 aliphatic rings. The Morgan fingerprint density at radius 3 is 2.88 bits per heavy atom. The van der Waals surface area contributed by atoms with E-state index in [-0.39, 0.29) is 6.04 Å². The van der Waals surface area contributed by atoms with Gasteiger partial charge in [0.2, 0.25) is 0 Å². The monoisotopic (exact) mass is 239 g/mol. The molecule has 0 aliphatic carbocycles. The van der Waals surface area contributed by atoms with Crippen LogP contribution in [0.5, 0.6) is 0 Å². The summed E-state index contributed by atoms with van der Waals surface area (Å²) in [6, 6.07) is 5.47. The van der Waals surface area contributed by atoms with Crippen molar-refractivity contribution in [2.24, 2.45) is 0 Å². The molecular formula is C11H14ClN3O. The molecule has 0 saturated heterocycles. The number of aromatic nitrogens is 1. The maximum Gasteiger partial charge on any atom is 0.132 e. The first-order chi connectivity index (χ1) is 7.58. The zero-order valence-corrected chi connectivity index (χ0v) is 10.3. The van der Waals surface area contributed by atoms with Gasteiger partial charge in [0.15, 0.2) is 0 Å². The Kier molecular flexibility index (Phi) is 4.53. The lowest BCUT2D eigenvalue weighted by molar-refractivity contribution is 0.183. The summed E-state index contributed by atoms with van der Waals surface area (Å²) in [7, 11) is 3.54. The van der Waals surface area contributed by atoms with Gasteiger partial charge in [0.25, 0.3) is 0 Å². The third-order valence-electron chi connectivity index (χ3n) is 2.34. The standard InChI is InChI=1S/C11H14ClN3O/c1-8(7-16-3)15(2)11-5-9(6-13)4-10(12)14-11/h4-5,8H,7H2,1-3H3. The van der Waals surface area contributed by atoms with Crippen LogP contribution in [0.15, 0.2) is 12.1 Å². The van der Waals surface area contributed by atoms with E-state index < -0.39 is 0 Å². The second kappa shape index (κ2) is 5.69. The van der Waals surface area contributed by atoms with Gasteiger partial charge in [0.1, 0.15) is 11.0 Å². The second-order valence-corrected chi connectivity index (χ2v) is 3.95. The summed E-state index contributed by atoms with van der Waals surface area (Å²) in [4.78, 5) is 6.10. The highest BCUT2D eigenvalue weighted by Gasteiger charge is 2.12. The number of hydrogen-bond donors (Lipinski definition) is 0. The van der Waals surface area contributed by atoms with E-state index in [4.69, 9.17) is 21.6 Å². The number of methoxy groups -OCH3 is 1. The fourth-order valence-corrected chi connectivity index (χ4v) is 1.51. The van der Waals surface area contributed by atoms with Crippen molar-refractivity contribution < 1.29 is 4.74 Å². The Balaban J connectivity index is 2.95. The van der Waals surface area contributed by atoms with Gasteiger partial charge in [-0.2, -0.15) is 5.26 Å². The van der Waals surface area contributed by atoms with Gasteiger partial charge in [-0.25, -0.2) is 4.98 Å². The van der Waals surface area contributed by atoms with E-state index in [0.29, 0.717) is 23.1 Å². The third kappa shape index (κ3) is 3.09. The third-order valence-corrected chi connectivity index (χ3v) is 2.53. The molecule has 1 rings (SSSR count). The van der Waals surface area contributed by atoms with Crippen molar-refractivity contribution in [3.05, 3.63) is 22.8 Å². The molecule has 1 unspecified atom stereocenters. The van der Waals surface area contributed by atoms with Gasteiger partial charge >= 0.3 is 0 Å². The molecule has 0 amide bonds. The van der Waals surface area contributed by atoms with Crippen LogP contribution in [0.4, 0.5) is 5.82 Å². The number of hydrogen-bond acceptors (Lipinski definition) is 4. The molecule has 0 saturated carbocycles. The van der Waals surface area contributed by atoms with Crippen LogP contribution >= 0.6 is 11.6 Å². The van der Waals surface area contributed by atoms with Crippen LogP contribution in [-0.2, 0) is 4.74 Å². The predicted molar refractivity (Wildman–Crippen MR) is 63.7 cm³/mol. The molecule has 0 spiro atoms. The number of halogens is 1. The molecule has 86 valence electrons. The van der Waals surface area contributed by atoms with Crippen LogP contribution in [0, 0.1) is 11.3 Å². The lowest BCUT2D eigenvalue weighted by Gasteiger charge is -2.25. The van der Waals surface area contributed by atoms with Crippen molar-refractivity contribution in [3.63, 3.8) is 0 Å². The molecule has 0 radical (unpaired) electrons. The summed E-state index contributed by atoms with van der Waals surface area (Å²) in [6.07, 6.45) is 0. The van der Waals surface area contributed by atoms with Gasteiger partial charge in [-0.3, -0.25) is 0 Å². The maximum absolute atomic E-state index is 8.83. The molecule has 1 aromatic rings. The molecule has 16 heavy (non-hydrogen) atoms. The molecule has 1 atom stereocenters. The minimum absolute atomic E-state index is 0.169. The highest BCUT2D eigenvalue weighted by atomic mass is 35.5. The second-order valence-electron chi connectivity index (χ2n) is 3.56. The molecule has 0 bridgehead atoms. The van der Waals surface area contributed by atoms with Gasteiger partial charge < -0.3 is 9.64 Å². The van der Waals surface area contributed by atoms with Crippen molar-refractivity contribution in [2.75, 3.05) is 25.7 Å². The number of rotatable bonds is 4. The lowest BCUT2D eigenvalue weighted by atomic mass is 10.2. The average Bonchev–Trinajstić information content (AvgIpc) is 2.27. The van der Waals surface area contributed by atoms with Gasteiger partial charge in [-0.1, -0.05) is 11.6 Å². The SMILES string of the molecule is COCC(C)N(C)c1cc(C#N)cc(Cl)n1. The van der Waals surface area contributed by atoms with Crippen molar-refractivity contribution >= 4 is 17.4 Å². The van der Waals surface area contributed by atoms with E-state index in [0.717, 1.165) is 0 Å². The molecule has 0 fully saturated rings. The predicted octanol–water partition coefficient (Wildman–Crippen LogP) is 2.08. The summed E-state index contributed by atoms with van der Waals surface area (Å²) in [6.45, 7) is 2.60. The van der Waals surface area contributed by atoms with Crippen molar-refractivity contribution in [1.82, 2.24) is 4.98 Å². The molecule has 0 aromatic carbocycles. The quantitative estimate of drug-likeness (QED) is 0.755. The van der Waals surface area contributed by atoms with Crippen molar-refractivity contribution in [1.29, 1.82) is 5.26 Å². The van der Waals surface area contributed by atoms with Crippen LogP contribution in [-0.4, -0.2) is 31.8 Å². The normalized spacial score (nSPS) is 11.9. The summed E-state index contributed by atoms with van der Waals surface area (Å²) < 4.78 is 5.07. The minimum atomic E-state index is 0.169. The summed E-state index contributed by atoms with van der Waals surface area (Å²) in [5.41, 5.74) is 0.506. The molecular weight excluding hydrogens is 226 g/mol. The van der Waals surface area contributed by atoms with E-state index in [1.807, 2.05) is 18.9 Å². The van der Waals surface area contributed by atoms with Gasteiger partial charge in [-0.05, 0) is 19.1 Å². The largest absolute Gasteiger partial charge is 0.383 e. The Hall–Kier alpha value is -1.31. The average molecular weight is 240 g/mol. The zero-order chi connectivity index (χ0) is 12.1. The molecule has 1 aromatic heterocycles. The van der Waals surface area contributed by atoms with E-state index in [1.165, 1.54) is 0 Å². The number of nitriles is 1. The lowest BCUT2D eigenvalue weighted by Crippen LogP contribution is -2.33. The molecule has 0 aliphatic heterocycles. The number of pyridine rings is 1. The number of ether oxygens (including phenoxy) is 1. The van der Waals surface area contributed by atoms with Crippen LogP contribution in [0.1, 0.15) is 12.5 Å². The minimum Gasteiger partial charge on any atom is -0.383 e. The van der Waals surface area contributed by atoms with Gasteiger partial charge in [0, 0.05) is 14.2 Å². The highest BCUT2D eigenvalue weighted by molar-refractivity contribution is 6.29. The number of nitrogens with zero attached hydrogens (tertiary/aromatic N) is 3. The highest BCUT2D eigenvalue weighted by Crippen LogP contribution is 2.18. The summed E-state index contributed by atoms with van der Waals surface area (Å²) in [5.74, 6) is 0.675. The van der Waals surface area contributed by atoms with Crippen LogP contribution in [0.25, 0.3) is 0 Å². The van der Waals surface area contributed by atoms with Crippen molar-refractivity contribution in [2.45, 2.75) is 13.0 Å². The van der Waals surface area contributed by atoms with Gasteiger partial charge in [-0.15, -0.1) is 0 Å².